The fourth-order valence-electron chi connectivity index (χ4n) is 2.48. The summed E-state index contributed by atoms with van der Waals surface area (Å²) in [7, 11) is 0. The van der Waals surface area contributed by atoms with E-state index < -0.39 is 0 Å². The van der Waals surface area contributed by atoms with Gasteiger partial charge < -0.3 is 4.74 Å². The molecule has 1 atom stereocenters. The van der Waals surface area contributed by atoms with E-state index in [-0.39, 0.29) is 5.60 Å². The number of hydrogen-bond donors (Lipinski definition) is 0. The highest BCUT2D eigenvalue weighted by Crippen LogP contribution is 2.29. The molecule has 0 aliphatic carbocycles. The normalized spacial score (nSPS) is 23.2. The third-order valence-corrected chi connectivity index (χ3v) is 3.18. The molecule has 0 aromatic heterocycles. The van der Waals surface area contributed by atoms with Crippen LogP contribution in [0.3, 0.4) is 0 Å². The van der Waals surface area contributed by atoms with Gasteiger partial charge in [0.25, 0.3) is 0 Å². The Morgan fingerprint density at radius 3 is 2.65 bits per heavy atom. The van der Waals surface area contributed by atoms with Crippen molar-refractivity contribution in [2.45, 2.75) is 58.7 Å². The maximum absolute atomic E-state index is 8.69. The topological polar surface area (TPSA) is 36.3 Å². The Balaban J connectivity index is 2.40. The van der Waals surface area contributed by atoms with E-state index in [1.54, 1.807) is 0 Å². The highest BCUT2D eigenvalue weighted by atomic mass is 16.5. The van der Waals surface area contributed by atoms with Crippen molar-refractivity contribution in [1.29, 1.82) is 5.26 Å². The quantitative estimate of drug-likeness (QED) is 0.714. The van der Waals surface area contributed by atoms with Crippen LogP contribution in [0.5, 0.6) is 0 Å². The maximum atomic E-state index is 8.69. The molecular formula is C14H26N2O. The largest absolute Gasteiger partial charge is 0.371 e. The Morgan fingerprint density at radius 1 is 1.47 bits per heavy atom. The maximum Gasteiger partial charge on any atom is 0.0710 e. The smallest absolute Gasteiger partial charge is 0.0710 e. The molecule has 0 N–H and O–H groups in total. The Kier molecular flexibility index (Phi) is 5.42. The molecule has 1 fully saturated rings. The number of hydrogen-bond acceptors (Lipinski definition) is 3. The lowest BCUT2D eigenvalue weighted by Crippen LogP contribution is -2.36. The average molecular weight is 238 g/mol. The molecule has 3 nitrogen and oxygen atoms in total. The van der Waals surface area contributed by atoms with Crippen molar-refractivity contribution in [3.8, 4) is 6.07 Å². The van der Waals surface area contributed by atoms with Crippen LogP contribution in [0.25, 0.3) is 0 Å². The van der Waals surface area contributed by atoms with Crippen molar-refractivity contribution in [3.05, 3.63) is 0 Å². The average Bonchev–Trinajstić information content (AvgIpc) is 2.53. The highest BCUT2D eigenvalue weighted by molar-refractivity contribution is 4.83. The molecule has 1 aliphatic heterocycles. The van der Waals surface area contributed by atoms with Gasteiger partial charge in [0.2, 0.25) is 0 Å². The fourth-order valence-corrected chi connectivity index (χ4v) is 2.48. The van der Waals surface area contributed by atoms with Gasteiger partial charge in [-0.1, -0.05) is 13.8 Å². The summed E-state index contributed by atoms with van der Waals surface area (Å²) in [4.78, 5) is 2.37. The summed E-state index contributed by atoms with van der Waals surface area (Å²) in [6, 6.07) is 2.23. The van der Waals surface area contributed by atoms with Gasteiger partial charge in [0.05, 0.1) is 17.8 Å². The number of nitrogens with zero attached hydrogens (tertiary/aromatic N) is 2. The summed E-state index contributed by atoms with van der Waals surface area (Å²) in [5.41, 5.74) is 0.0450. The number of nitriles is 1. The van der Waals surface area contributed by atoms with Gasteiger partial charge in [-0.2, -0.15) is 5.26 Å². The van der Waals surface area contributed by atoms with Crippen molar-refractivity contribution in [2.75, 3.05) is 19.6 Å². The number of rotatable bonds is 6. The lowest BCUT2D eigenvalue weighted by atomic mass is 10.1. The van der Waals surface area contributed by atoms with Crippen molar-refractivity contribution < 1.29 is 4.74 Å². The summed E-state index contributed by atoms with van der Waals surface area (Å²) < 4.78 is 6.02. The minimum atomic E-state index is 0.0450. The fraction of sp³-hybridized carbons (Fsp3) is 0.929. The summed E-state index contributed by atoms with van der Waals surface area (Å²) in [5, 5.41) is 8.69. The second kappa shape index (κ2) is 6.37. The van der Waals surface area contributed by atoms with Crippen molar-refractivity contribution >= 4 is 0 Å². The minimum Gasteiger partial charge on any atom is -0.371 e. The molecule has 1 aliphatic rings. The monoisotopic (exact) mass is 238 g/mol. The van der Waals surface area contributed by atoms with Crippen LogP contribution in [0.2, 0.25) is 0 Å². The van der Waals surface area contributed by atoms with E-state index in [4.69, 9.17) is 10.00 Å². The van der Waals surface area contributed by atoms with Crippen molar-refractivity contribution in [3.63, 3.8) is 0 Å². The lowest BCUT2D eigenvalue weighted by molar-refractivity contribution is -0.0294. The highest BCUT2D eigenvalue weighted by Gasteiger charge is 2.32. The summed E-state index contributed by atoms with van der Waals surface area (Å²) in [6.07, 6.45) is 3.25. The molecule has 1 heterocycles. The van der Waals surface area contributed by atoms with E-state index in [0.717, 1.165) is 32.5 Å². The van der Waals surface area contributed by atoms with Crippen LogP contribution >= 0.6 is 0 Å². The van der Waals surface area contributed by atoms with E-state index in [0.29, 0.717) is 18.4 Å². The molecule has 1 rings (SSSR count). The van der Waals surface area contributed by atoms with Gasteiger partial charge in [0.15, 0.2) is 0 Å². The van der Waals surface area contributed by atoms with Crippen LogP contribution in [0.1, 0.15) is 47.0 Å². The minimum absolute atomic E-state index is 0.0450. The van der Waals surface area contributed by atoms with Crippen LogP contribution in [-0.4, -0.2) is 36.2 Å². The standard InChI is InChI=1S/C14H26N2O/c1-12(2)10-16(9-5-8-15)11-13-6-7-14(3,4)17-13/h12-13H,5-7,9-11H2,1-4H3. The molecule has 3 heteroatoms. The first-order valence-electron chi connectivity index (χ1n) is 6.70. The molecule has 0 amide bonds. The van der Waals surface area contributed by atoms with Gasteiger partial charge in [0.1, 0.15) is 0 Å². The molecule has 17 heavy (non-hydrogen) atoms. The first-order chi connectivity index (χ1) is 7.93. The molecule has 0 radical (unpaired) electrons. The van der Waals surface area contributed by atoms with Gasteiger partial charge in [-0.3, -0.25) is 4.90 Å². The van der Waals surface area contributed by atoms with Gasteiger partial charge in [-0.25, -0.2) is 0 Å². The first kappa shape index (κ1) is 14.5. The van der Waals surface area contributed by atoms with E-state index in [2.05, 4.69) is 38.7 Å². The molecular weight excluding hydrogens is 212 g/mol. The second-order valence-electron chi connectivity index (χ2n) is 6.10. The molecule has 0 bridgehead atoms. The molecule has 0 spiro atoms. The summed E-state index contributed by atoms with van der Waals surface area (Å²) in [5.74, 6) is 0.642. The molecule has 0 saturated carbocycles. The van der Waals surface area contributed by atoms with Gasteiger partial charge in [-0.05, 0) is 32.6 Å². The van der Waals surface area contributed by atoms with Gasteiger partial charge in [-0.15, -0.1) is 0 Å². The van der Waals surface area contributed by atoms with Crippen molar-refractivity contribution in [2.24, 2.45) is 5.92 Å². The summed E-state index contributed by atoms with van der Waals surface area (Å²) in [6.45, 7) is 11.7. The predicted molar refractivity (Wildman–Crippen MR) is 69.7 cm³/mol. The molecule has 98 valence electrons. The van der Waals surface area contributed by atoms with E-state index in [1.165, 1.54) is 0 Å². The first-order valence-corrected chi connectivity index (χ1v) is 6.70. The number of ether oxygens (including phenoxy) is 1. The van der Waals surface area contributed by atoms with Crippen LogP contribution < -0.4 is 0 Å². The third kappa shape index (κ3) is 5.52. The third-order valence-electron chi connectivity index (χ3n) is 3.18. The molecule has 0 aromatic rings. The SMILES string of the molecule is CC(C)CN(CCC#N)CC1CCC(C)(C)O1. The van der Waals surface area contributed by atoms with Crippen LogP contribution in [-0.2, 0) is 4.74 Å². The van der Waals surface area contributed by atoms with Crippen LogP contribution in [0.4, 0.5) is 0 Å². The van der Waals surface area contributed by atoms with Crippen molar-refractivity contribution in [1.82, 2.24) is 4.90 Å². The van der Waals surface area contributed by atoms with Gasteiger partial charge >= 0.3 is 0 Å². The van der Waals surface area contributed by atoms with E-state index in [1.807, 2.05) is 0 Å². The Labute approximate surface area is 106 Å². The molecule has 1 unspecified atom stereocenters. The van der Waals surface area contributed by atoms with Crippen LogP contribution in [0.15, 0.2) is 0 Å². The molecule has 1 saturated heterocycles. The zero-order valence-electron chi connectivity index (χ0n) is 11.7. The Morgan fingerprint density at radius 2 is 2.18 bits per heavy atom. The summed E-state index contributed by atoms with van der Waals surface area (Å²) >= 11 is 0. The molecule has 0 aromatic carbocycles. The van der Waals surface area contributed by atoms with Gasteiger partial charge in [0, 0.05) is 26.1 Å². The lowest BCUT2D eigenvalue weighted by Gasteiger charge is -2.27. The zero-order valence-corrected chi connectivity index (χ0v) is 11.7. The predicted octanol–water partition coefficient (Wildman–Crippen LogP) is 2.82. The zero-order chi connectivity index (χ0) is 12.9. The Hall–Kier alpha value is -0.590. The van der Waals surface area contributed by atoms with E-state index >= 15 is 0 Å². The van der Waals surface area contributed by atoms with Crippen LogP contribution in [0, 0.1) is 17.2 Å². The van der Waals surface area contributed by atoms with E-state index in [9.17, 15) is 0 Å². The second-order valence-corrected chi connectivity index (χ2v) is 6.10. The Bertz CT molecular complexity index is 268.